The second kappa shape index (κ2) is 4.49. The van der Waals surface area contributed by atoms with Crippen molar-refractivity contribution in [3.8, 4) is 0 Å². The first-order valence-electron chi connectivity index (χ1n) is 6.08. The molecule has 0 saturated carbocycles. The van der Waals surface area contributed by atoms with Crippen LogP contribution in [0.4, 0.5) is 0 Å². The predicted octanol–water partition coefficient (Wildman–Crippen LogP) is 2.77. The summed E-state index contributed by atoms with van der Waals surface area (Å²) in [5.41, 5.74) is 0.811. The van der Waals surface area contributed by atoms with E-state index in [1.165, 1.54) is 5.06 Å². The Morgan fingerprint density at radius 3 is 2.53 bits per heavy atom. The highest BCUT2D eigenvalue weighted by Gasteiger charge is 2.54. The molecule has 0 aromatic heterocycles. The average molecular weight is 233 g/mol. The first kappa shape index (κ1) is 12.1. The zero-order valence-corrected chi connectivity index (χ0v) is 10.6. The van der Waals surface area contributed by atoms with Crippen LogP contribution in [0.25, 0.3) is 0 Å². The van der Waals surface area contributed by atoms with Gasteiger partial charge < -0.3 is 0 Å². The van der Waals surface area contributed by atoms with E-state index in [0.717, 1.165) is 12.0 Å². The number of hydroxylamine groups is 2. The fraction of sp³-hybridized carbons (Fsp3) is 0.500. The molecule has 0 radical (unpaired) electrons. The molecule has 1 aromatic carbocycles. The van der Waals surface area contributed by atoms with E-state index >= 15 is 0 Å². The highest BCUT2D eigenvalue weighted by Crippen LogP contribution is 2.40. The third kappa shape index (κ3) is 2.07. The molecule has 1 atom stereocenters. The molecule has 92 valence electrons. The number of carbonyl (C=O) groups is 1. The molecule has 0 spiro atoms. The molecule has 0 N–H and O–H groups in total. The van der Waals surface area contributed by atoms with Gasteiger partial charge in [-0.3, -0.25) is 9.63 Å². The molecule has 1 aromatic rings. The largest absolute Gasteiger partial charge is 0.272 e. The summed E-state index contributed by atoms with van der Waals surface area (Å²) >= 11 is 0. The summed E-state index contributed by atoms with van der Waals surface area (Å²) < 4.78 is 0. The summed E-state index contributed by atoms with van der Waals surface area (Å²) in [6, 6.07) is 10.1. The number of hydrogen-bond donors (Lipinski definition) is 0. The van der Waals surface area contributed by atoms with Crippen molar-refractivity contribution in [1.82, 2.24) is 5.06 Å². The van der Waals surface area contributed by atoms with Crippen molar-refractivity contribution in [3.05, 3.63) is 35.9 Å². The molecule has 0 aliphatic carbocycles. The molecule has 1 heterocycles. The maximum atomic E-state index is 11.9. The van der Waals surface area contributed by atoms with Crippen LogP contribution in [0.3, 0.4) is 0 Å². The summed E-state index contributed by atoms with van der Waals surface area (Å²) in [4.78, 5) is 17.5. The van der Waals surface area contributed by atoms with E-state index < -0.39 is 0 Å². The average Bonchev–Trinajstić information content (AvgIpc) is 2.34. The summed E-state index contributed by atoms with van der Waals surface area (Å²) in [6.45, 7) is 6.49. The number of rotatable bonds is 4. The highest BCUT2D eigenvalue weighted by molar-refractivity contribution is 5.88. The molecular formula is C14H19NO2. The molecule has 17 heavy (non-hydrogen) atoms. The highest BCUT2D eigenvalue weighted by atomic mass is 16.7. The molecule has 1 fully saturated rings. The van der Waals surface area contributed by atoms with Crippen LogP contribution in [0.1, 0.15) is 32.8 Å². The van der Waals surface area contributed by atoms with E-state index in [1.807, 2.05) is 44.2 Å². The fourth-order valence-corrected chi connectivity index (χ4v) is 2.34. The molecule has 1 saturated heterocycles. The Hall–Kier alpha value is -1.35. The Morgan fingerprint density at radius 2 is 1.94 bits per heavy atom. The van der Waals surface area contributed by atoms with Crippen LogP contribution in [-0.4, -0.2) is 17.0 Å². The SMILES string of the molecule is CCC1N(OCc2ccccc2)C(=O)C1(C)C. The van der Waals surface area contributed by atoms with Crippen molar-refractivity contribution in [2.45, 2.75) is 39.8 Å². The van der Waals surface area contributed by atoms with Crippen LogP contribution < -0.4 is 0 Å². The van der Waals surface area contributed by atoms with Crippen LogP contribution in [0.5, 0.6) is 0 Å². The van der Waals surface area contributed by atoms with Crippen molar-refractivity contribution < 1.29 is 9.63 Å². The minimum absolute atomic E-state index is 0.0836. The summed E-state index contributed by atoms with van der Waals surface area (Å²) in [5.74, 6) is 0.0836. The zero-order chi connectivity index (χ0) is 12.5. The Balaban J connectivity index is 1.95. The van der Waals surface area contributed by atoms with Gasteiger partial charge in [-0.05, 0) is 25.8 Å². The van der Waals surface area contributed by atoms with Gasteiger partial charge in [-0.15, -0.1) is 0 Å². The second-order valence-corrected chi connectivity index (χ2v) is 5.04. The van der Waals surface area contributed by atoms with Crippen LogP contribution in [0, 0.1) is 5.41 Å². The van der Waals surface area contributed by atoms with E-state index in [0.29, 0.717) is 6.61 Å². The number of carbonyl (C=O) groups excluding carboxylic acids is 1. The van der Waals surface area contributed by atoms with Gasteiger partial charge in [0.15, 0.2) is 0 Å². The van der Waals surface area contributed by atoms with Gasteiger partial charge in [-0.2, -0.15) is 0 Å². The topological polar surface area (TPSA) is 29.5 Å². The molecular weight excluding hydrogens is 214 g/mol. The third-order valence-corrected chi connectivity index (χ3v) is 3.47. The lowest BCUT2D eigenvalue weighted by atomic mass is 9.74. The Bertz CT molecular complexity index is 400. The maximum Gasteiger partial charge on any atom is 0.254 e. The molecule has 1 aliphatic heterocycles. The van der Waals surface area contributed by atoms with Gasteiger partial charge in [0.25, 0.3) is 5.91 Å². The van der Waals surface area contributed by atoms with Crippen molar-refractivity contribution in [3.63, 3.8) is 0 Å². The van der Waals surface area contributed by atoms with Gasteiger partial charge >= 0.3 is 0 Å². The van der Waals surface area contributed by atoms with Crippen molar-refractivity contribution >= 4 is 5.91 Å². The zero-order valence-electron chi connectivity index (χ0n) is 10.6. The summed E-state index contributed by atoms with van der Waals surface area (Å²) in [6.07, 6.45) is 0.924. The van der Waals surface area contributed by atoms with E-state index in [9.17, 15) is 4.79 Å². The molecule has 0 bridgehead atoms. The van der Waals surface area contributed by atoms with Gasteiger partial charge in [0.1, 0.15) is 6.61 Å². The summed E-state index contributed by atoms with van der Waals surface area (Å²) in [7, 11) is 0. The number of benzene rings is 1. The van der Waals surface area contributed by atoms with Gasteiger partial charge in [-0.25, -0.2) is 5.06 Å². The number of β-lactam (4-membered cyclic amide) rings is 1. The number of nitrogens with zero attached hydrogens (tertiary/aromatic N) is 1. The molecule has 2 rings (SSSR count). The van der Waals surface area contributed by atoms with Crippen LogP contribution in [0.2, 0.25) is 0 Å². The van der Waals surface area contributed by atoms with Gasteiger partial charge in [0, 0.05) is 0 Å². The Morgan fingerprint density at radius 1 is 1.29 bits per heavy atom. The van der Waals surface area contributed by atoms with E-state index in [2.05, 4.69) is 6.92 Å². The van der Waals surface area contributed by atoms with Gasteiger partial charge in [0.2, 0.25) is 0 Å². The summed E-state index contributed by atoms with van der Waals surface area (Å²) in [5, 5.41) is 1.53. The second-order valence-electron chi connectivity index (χ2n) is 5.04. The molecule has 1 amide bonds. The lowest BCUT2D eigenvalue weighted by Crippen LogP contribution is -2.65. The number of amides is 1. The lowest BCUT2D eigenvalue weighted by molar-refractivity contribution is -0.264. The fourth-order valence-electron chi connectivity index (χ4n) is 2.34. The van der Waals surface area contributed by atoms with E-state index in [4.69, 9.17) is 4.84 Å². The van der Waals surface area contributed by atoms with E-state index in [1.54, 1.807) is 0 Å². The normalized spacial score (nSPS) is 22.4. The van der Waals surface area contributed by atoms with Crippen molar-refractivity contribution in [2.75, 3.05) is 0 Å². The number of hydrogen-bond acceptors (Lipinski definition) is 2. The van der Waals surface area contributed by atoms with Crippen molar-refractivity contribution in [1.29, 1.82) is 0 Å². The minimum Gasteiger partial charge on any atom is -0.272 e. The molecule has 1 unspecified atom stereocenters. The lowest BCUT2D eigenvalue weighted by Gasteiger charge is -2.51. The molecule has 1 aliphatic rings. The Labute approximate surface area is 102 Å². The quantitative estimate of drug-likeness (QED) is 0.748. The van der Waals surface area contributed by atoms with Crippen LogP contribution in [-0.2, 0) is 16.2 Å². The third-order valence-electron chi connectivity index (χ3n) is 3.47. The standard InChI is InChI=1S/C14H19NO2/c1-4-12-14(2,3)13(16)15(12)17-10-11-8-6-5-7-9-11/h5-9,12H,4,10H2,1-3H3. The predicted molar refractivity (Wildman–Crippen MR) is 65.9 cm³/mol. The molecule has 3 heteroatoms. The van der Waals surface area contributed by atoms with Gasteiger partial charge in [-0.1, -0.05) is 37.3 Å². The Kier molecular flexibility index (Phi) is 3.20. The maximum absolute atomic E-state index is 11.9. The first-order chi connectivity index (χ1) is 8.07. The first-order valence-corrected chi connectivity index (χ1v) is 6.08. The van der Waals surface area contributed by atoms with Crippen molar-refractivity contribution in [2.24, 2.45) is 5.41 Å². The van der Waals surface area contributed by atoms with Crippen LogP contribution >= 0.6 is 0 Å². The minimum atomic E-state index is -0.272. The van der Waals surface area contributed by atoms with Crippen LogP contribution in [0.15, 0.2) is 30.3 Å². The van der Waals surface area contributed by atoms with E-state index in [-0.39, 0.29) is 17.4 Å². The monoisotopic (exact) mass is 233 g/mol. The smallest absolute Gasteiger partial charge is 0.254 e. The molecule has 3 nitrogen and oxygen atoms in total. The van der Waals surface area contributed by atoms with Gasteiger partial charge in [0.05, 0.1) is 11.5 Å².